The molecule has 1 unspecified atom stereocenters. The maximum atomic E-state index is 14.2. The van der Waals surface area contributed by atoms with Crippen LogP contribution in [0.15, 0.2) is 78.9 Å². The van der Waals surface area contributed by atoms with Crippen LogP contribution in [0.2, 0.25) is 0 Å². The number of ether oxygens (including phenoxy) is 2. The molecule has 8 nitrogen and oxygen atoms in total. The van der Waals surface area contributed by atoms with Crippen molar-refractivity contribution in [1.82, 2.24) is 14.4 Å². The molecule has 0 N–H and O–H groups in total. The van der Waals surface area contributed by atoms with Crippen LogP contribution >= 0.6 is 0 Å². The van der Waals surface area contributed by atoms with E-state index in [1.165, 1.54) is 0 Å². The van der Waals surface area contributed by atoms with Crippen molar-refractivity contribution in [3.63, 3.8) is 0 Å². The fourth-order valence-electron chi connectivity index (χ4n) is 5.99. The lowest BCUT2D eigenvalue weighted by atomic mass is 10.0. The van der Waals surface area contributed by atoms with Gasteiger partial charge in [0, 0.05) is 54.4 Å². The summed E-state index contributed by atoms with van der Waals surface area (Å²) in [6.07, 6.45) is 0.959. The predicted octanol–water partition coefficient (Wildman–Crippen LogP) is 4.83. The van der Waals surface area contributed by atoms with E-state index >= 15 is 0 Å². The van der Waals surface area contributed by atoms with E-state index < -0.39 is 0 Å². The maximum Gasteiger partial charge on any atom is 0.258 e. The molecule has 8 heteroatoms. The average molecular weight is 551 g/mol. The van der Waals surface area contributed by atoms with Crippen molar-refractivity contribution in [1.29, 1.82) is 0 Å². The van der Waals surface area contributed by atoms with Crippen LogP contribution < -0.4 is 14.4 Å². The topological polar surface area (TPSA) is 67.2 Å². The Morgan fingerprint density at radius 2 is 1.76 bits per heavy atom. The normalized spacial score (nSPS) is 16.9. The number of rotatable bonds is 6. The number of carbonyl (C=O) groups is 2. The zero-order valence-electron chi connectivity index (χ0n) is 23.6. The second-order valence-corrected chi connectivity index (χ2v) is 10.6. The van der Waals surface area contributed by atoms with Gasteiger partial charge in [0.15, 0.2) is 0 Å². The summed E-state index contributed by atoms with van der Waals surface area (Å²) in [4.78, 5) is 32.1. The summed E-state index contributed by atoms with van der Waals surface area (Å²) < 4.78 is 13.4. The number of methoxy groups -OCH3 is 2. The van der Waals surface area contributed by atoms with Crippen LogP contribution in [-0.2, 0) is 17.9 Å². The molecule has 2 aliphatic rings. The molecular formula is C33H34N4O4. The van der Waals surface area contributed by atoms with Crippen LogP contribution in [0.25, 0.3) is 11.1 Å². The third-order valence-corrected chi connectivity index (χ3v) is 8.21. The van der Waals surface area contributed by atoms with Crippen LogP contribution in [0.4, 0.5) is 5.69 Å². The minimum atomic E-state index is -0.101. The molecule has 41 heavy (non-hydrogen) atoms. The summed E-state index contributed by atoms with van der Waals surface area (Å²) in [5.74, 6) is 1.27. The van der Waals surface area contributed by atoms with Crippen molar-refractivity contribution in [3.05, 3.63) is 101 Å². The number of aromatic nitrogens is 1. The average Bonchev–Trinajstić information content (AvgIpc) is 3.32. The van der Waals surface area contributed by atoms with Crippen LogP contribution in [0.1, 0.15) is 33.4 Å². The highest BCUT2D eigenvalue weighted by Gasteiger charge is 2.32. The molecule has 0 spiro atoms. The smallest absolute Gasteiger partial charge is 0.258 e. The molecule has 0 saturated carbocycles. The highest BCUT2D eigenvalue weighted by molar-refractivity contribution is 6.07. The Morgan fingerprint density at radius 3 is 2.56 bits per heavy atom. The first-order chi connectivity index (χ1) is 20.0. The number of piperazine rings is 1. The number of likely N-dealkylation sites (N-methyl/N-ethyl adjacent to an activating group) is 1. The Kier molecular flexibility index (Phi) is 7.24. The van der Waals surface area contributed by atoms with Crippen LogP contribution in [0.5, 0.6) is 11.5 Å². The lowest BCUT2D eigenvalue weighted by Gasteiger charge is -2.38. The molecule has 4 aromatic rings. The molecule has 6 rings (SSSR count). The van der Waals surface area contributed by atoms with Crippen molar-refractivity contribution >= 4 is 18.0 Å². The van der Waals surface area contributed by atoms with E-state index in [2.05, 4.69) is 34.7 Å². The van der Waals surface area contributed by atoms with Gasteiger partial charge in [-0.25, -0.2) is 0 Å². The van der Waals surface area contributed by atoms with E-state index in [0.717, 1.165) is 59.0 Å². The fourth-order valence-corrected chi connectivity index (χ4v) is 5.99. The van der Waals surface area contributed by atoms with Gasteiger partial charge in [-0.15, -0.1) is 0 Å². The summed E-state index contributed by atoms with van der Waals surface area (Å²) in [5.41, 5.74) is 6.44. The van der Waals surface area contributed by atoms with E-state index in [-0.39, 0.29) is 11.9 Å². The number of fused-ring (bicyclic) bond motifs is 2. The number of nitrogens with zero attached hydrogens (tertiary/aromatic N) is 4. The highest BCUT2D eigenvalue weighted by Crippen LogP contribution is 2.36. The number of carbonyl (C=O) groups excluding carboxylic acids is 2. The minimum absolute atomic E-state index is 0.0390. The maximum absolute atomic E-state index is 14.2. The first-order valence-corrected chi connectivity index (χ1v) is 13.8. The molecule has 2 aliphatic heterocycles. The third-order valence-electron chi connectivity index (χ3n) is 8.21. The second kappa shape index (κ2) is 11.1. The number of hydrogen-bond acceptors (Lipinski definition) is 5. The lowest BCUT2D eigenvalue weighted by molar-refractivity contribution is -0.122. The molecule has 210 valence electrons. The molecule has 3 heterocycles. The highest BCUT2D eigenvalue weighted by atomic mass is 16.5. The molecular weight excluding hydrogens is 516 g/mol. The Morgan fingerprint density at radius 1 is 0.902 bits per heavy atom. The lowest BCUT2D eigenvalue weighted by Crippen LogP contribution is -2.46. The SMILES string of the molecule is COc1cccc(-c2ccc(C(=O)N3Cc4ccc(C5CN(C)CCN5C=O)n4Cc4ccccc43)cc2OC)c1. The zero-order valence-corrected chi connectivity index (χ0v) is 23.6. The Hall–Kier alpha value is -4.56. The summed E-state index contributed by atoms with van der Waals surface area (Å²) >= 11 is 0. The van der Waals surface area contributed by atoms with E-state index in [4.69, 9.17) is 9.47 Å². The van der Waals surface area contributed by atoms with E-state index in [9.17, 15) is 9.59 Å². The molecule has 1 aromatic heterocycles. The predicted molar refractivity (Wildman–Crippen MR) is 158 cm³/mol. The van der Waals surface area contributed by atoms with Gasteiger partial charge in [0.25, 0.3) is 5.91 Å². The van der Waals surface area contributed by atoms with Crippen molar-refractivity contribution in [2.75, 3.05) is 45.8 Å². The monoisotopic (exact) mass is 550 g/mol. The Labute approximate surface area is 240 Å². The van der Waals surface area contributed by atoms with Crippen molar-refractivity contribution in [2.24, 2.45) is 0 Å². The van der Waals surface area contributed by atoms with E-state index in [1.54, 1.807) is 14.2 Å². The van der Waals surface area contributed by atoms with Crippen molar-refractivity contribution in [2.45, 2.75) is 19.1 Å². The number of para-hydroxylation sites is 1. The summed E-state index contributed by atoms with van der Waals surface area (Å²) in [5, 5.41) is 0. The van der Waals surface area contributed by atoms with Crippen LogP contribution in [0.3, 0.4) is 0 Å². The van der Waals surface area contributed by atoms with Gasteiger partial charge < -0.3 is 28.7 Å². The van der Waals surface area contributed by atoms with E-state index in [1.807, 2.05) is 70.5 Å². The molecule has 0 aliphatic carbocycles. The largest absolute Gasteiger partial charge is 0.497 e. The zero-order chi connectivity index (χ0) is 28.5. The minimum Gasteiger partial charge on any atom is -0.497 e. The summed E-state index contributed by atoms with van der Waals surface area (Å²) in [7, 11) is 5.35. The second-order valence-electron chi connectivity index (χ2n) is 10.6. The Balaban J connectivity index is 1.37. The summed E-state index contributed by atoms with van der Waals surface area (Å²) in [6.45, 7) is 3.36. The van der Waals surface area contributed by atoms with Gasteiger partial charge in [-0.05, 0) is 66.7 Å². The third kappa shape index (κ3) is 4.95. The van der Waals surface area contributed by atoms with Gasteiger partial charge >= 0.3 is 0 Å². The van der Waals surface area contributed by atoms with Gasteiger partial charge in [0.05, 0.1) is 26.8 Å². The van der Waals surface area contributed by atoms with E-state index in [0.29, 0.717) is 30.9 Å². The van der Waals surface area contributed by atoms with Gasteiger partial charge in [0.1, 0.15) is 11.5 Å². The standard InChI is InChI=1S/C33H34N4O4/c1-34-15-16-35(22-38)31(21-34)30-14-12-26-20-37(29-10-5-4-7-25(29)19-36(26)30)33(39)24-11-13-28(32(18-24)41-3)23-8-6-9-27(17-23)40-2/h4-14,17-18,22,31H,15-16,19-21H2,1-3H3. The van der Waals surface area contributed by atoms with Gasteiger partial charge in [-0.3, -0.25) is 9.59 Å². The molecule has 1 saturated heterocycles. The van der Waals surface area contributed by atoms with Crippen LogP contribution in [0, 0.1) is 0 Å². The molecule has 1 fully saturated rings. The van der Waals surface area contributed by atoms with Crippen LogP contribution in [-0.4, -0.2) is 67.6 Å². The number of benzene rings is 3. The van der Waals surface area contributed by atoms with Gasteiger partial charge in [-0.2, -0.15) is 0 Å². The Bertz CT molecular complexity index is 1600. The fraction of sp³-hybridized carbons (Fsp3) is 0.273. The quantitative estimate of drug-likeness (QED) is 0.322. The van der Waals surface area contributed by atoms with Crippen molar-refractivity contribution < 1.29 is 19.1 Å². The van der Waals surface area contributed by atoms with Gasteiger partial charge in [-0.1, -0.05) is 30.3 Å². The first kappa shape index (κ1) is 26.7. The molecule has 2 amide bonds. The number of amides is 2. The number of anilines is 1. The molecule has 0 bridgehead atoms. The summed E-state index contributed by atoms with van der Waals surface area (Å²) in [6, 6.07) is 25.6. The molecule has 1 atom stereocenters. The van der Waals surface area contributed by atoms with Crippen molar-refractivity contribution in [3.8, 4) is 22.6 Å². The molecule has 3 aromatic carbocycles. The molecule has 0 radical (unpaired) electrons. The van der Waals surface area contributed by atoms with Gasteiger partial charge in [0.2, 0.25) is 6.41 Å². The number of hydrogen-bond donors (Lipinski definition) is 0. The first-order valence-electron chi connectivity index (χ1n) is 13.8.